The summed E-state index contributed by atoms with van der Waals surface area (Å²) in [7, 11) is 0. The number of hydrogen-bond donors (Lipinski definition) is 3. The topological polar surface area (TPSA) is 97.8 Å². The second kappa shape index (κ2) is 7.19. The van der Waals surface area contributed by atoms with Gasteiger partial charge in [-0.1, -0.05) is 0 Å². The molecule has 0 spiro atoms. The van der Waals surface area contributed by atoms with Crippen LogP contribution < -0.4 is 17.0 Å². The normalized spacial score (nSPS) is 10.8. The Hall–Kier alpha value is -1.20. The molecule has 1 rings (SSSR count). The maximum absolute atomic E-state index is 11.7. The molecule has 5 heteroatoms. The van der Waals surface area contributed by atoms with Crippen LogP contribution in [0.4, 0.5) is 0 Å². The summed E-state index contributed by atoms with van der Waals surface area (Å²) >= 11 is 0. The number of hydrogen-bond acceptors (Lipinski definition) is 4. The molecule has 1 aromatic rings. The number of unbranched alkanes of at least 4 members (excludes halogenated alkanes) is 1. The summed E-state index contributed by atoms with van der Waals surface area (Å²) in [5, 5.41) is 0. The molecule has 0 saturated carbocycles. The second-order valence-electron chi connectivity index (χ2n) is 4.21. The smallest absolute Gasteiger partial charge is 0.269 e. The molecule has 0 amide bonds. The number of nitrogens with zero attached hydrogens (tertiary/aromatic N) is 1. The molecule has 0 saturated heterocycles. The number of aromatic amines is 1. The lowest BCUT2D eigenvalue weighted by atomic mass is 10.1. The molecule has 0 aliphatic carbocycles. The Morgan fingerprint density at radius 2 is 1.82 bits per heavy atom. The molecule has 5 nitrogen and oxygen atoms in total. The first-order chi connectivity index (χ1) is 8.19. The van der Waals surface area contributed by atoms with Crippen LogP contribution >= 0.6 is 0 Å². The highest BCUT2D eigenvalue weighted by Crippen LogP contribution is 2.05. The van der Waals surface area contributed by atoms with Crippen LogP contribution in [0.25, 0.3) is 0 Å². The molecule has 0 atom stereocenters. The van der Waals surface area contributed by atoms with Crippen molar-refractivity contribution in [3.63, 3.8) is 0 Å². The molecule has 0 radical (unpaired) electrons. The third-order valence-corrected chi connectivity index (χ3v) is 2.76. The van der Waals surface area contributed by atoms with Gasteiger partial charge in [0.25, 0.3) is 5.56 Å². The lowest BCUT2D eigenvalue weighted by Crippen LogP contribution is -2.20. The van der Waals surface area contributed by atoms with Gasteiger partial charge in [0.1, 0.15) is 5.69 Å². The van der Waals surface area contributed by atoms with E-state index in [4.69, 9.17) is 11.5 Å². The zero-order valence-electron chi connectivity index (χ0n) is 10.5. The van der Waals surface area contributed by atoms with E-state index in [1.807, 2.05) is 6.92 Å². The van der Waals surface area contributed by atoms with Crippen LogP contribution in [0.1, 0.15) is 36.3 Å². The Kier molecular flexibility index (Phi) is 5.86. The van der Waals surface area contributed by atoms with Gasteiger partial charge >= 0.3 is 0 Å². The van der Waals surface area contributed by atoms with E-state index >= 15 is 0 Å². The summed E-state index contributed by atoms with van der Waals surface area (Å²) in [5.74, 6) is 0. The van der Waals surface area contributed by atoms with Gasteiger partial charge in [-0.15, -0.1) is 0 Å². The number of aromatic nitrogens is 2. The highest BCUT2D eigenvalue weighted by Gasteiger charge is 2.06. The molecule has 1 aromatic heterocycles. The Morgan fingerprint density at radius 3 is 2.47 bits per heavy atom. The largest absolute Gasteiger partial charge is 0.330 e. The van der Waals surface area contributed by atoms with Crippen molar-refractivity contribution in [2.24, 2.45) is 11.5 Å². The second-order valence-corrected chi connectivity index (χ2v) is 4.21. The monoisotopic (exact) mass is 238 g/mol. The van der Waals surface area contributed by atoms with Gasteiger partial charge in [-0.3, -0.25) is 9.78 Å². The van der Waals surface area contributed by atoms with Gasteiger partial charge in [0, 0.05) is 5.69 Å². The van der Waals surface area contributed by atoms with Crippen molar-refractivity contribution in [3.05, 3.63) is 27.4 Å². The van der Waals surface area contributed by atoms with E-state index in [2.05, 4.69) is 9.97 Å². The fraction of sp³-hybridized carbons (Fsp3) is 0.667. The number of nitrogens with one attached hydrogen (secondary N) is 1. The fourth-order valence-electron chi connectivity index (χ4n) is 1.75. The molecule has 0 unspecified atom stereocenters. The van der Waals surface area contributed by atoms with E-state index in [1.165, 1.54) is 0 Å². The van der Waals surface area contributed by atoms with Gasteiger partial charge in [-0.2, -0.15) is 0 Å². The predicted octanol–water partition coefficient (Wildman–Crippen LogP) is 0.251. The van der Waals surface area contributed by atoms with E-state index in [-0.39, 0.29) is 5.56 Å². The lowest BCUT2D eigenvalue weighted by Gasteiger charge is -2.07. The van der Waals surface area contributed by atoms with Crippen molar-refractivity contribution in [2.45, 2.75) is 39.0 Å². The van der Waals surface area contributed by atoms with Crippen molar-refractivity contribution < 1.29 is 0 Å². The SMILES string of the molecule is Cc1nc(CCCN)c(=O)[nH]c1CCCCN. The molecule has 0 bridgehead atoms. The van der Waals surface area contributed by atoms with E-state index < -0.39 is 0 Å². The standard InChI is InChI=1S/C12H22N4O/c1-9-10(5-2-3-7-13)16-12(17)11(15-9)6-4-8-14/h2-8,13-14H2,1H3,(H,16,17). The molecule has 96 valence electrons. The first-order valence-corrected chi connectivity index (χ1v) is 6.17. The lowest BCUT2D eigenvalue weighted by molar-refractivity contribution is 0.712. The first kappa shape index (κ1) is 13.9. The third kappa shape index (κ3) is 4.28. The summed E-state index contributed by atoms with van der Waals surface area (Å²) in [6.07, 6.45) is 4.23. The van der Waals surface area contributed by atoms with Gasteiger partial charge < -0.3 is 16.5 Å². The van der Waals surface area contributed by atoms with E-state index in [0.717, 1.165) is 37.1 Å². The van der Waals surface area contributed by atoms with Crippen LogP contribution in [-0.2, 0) is 12.8 Å². The quantitative estimate of drug-likeness (QED) is 0.593. The zero-order valence-corrected chi connectivity index (χ0v) is 10.5. The fourth-order valence-corrected chi connectivity index (χ4v) is 1.75. The summed E-state index contributed by atoms with van der Waals surface area (Å²) < 4.78 is 0. The molecule has 17 heavy (non-hydrogen) atoms. The zero-order chi connectivity index (χ0) is 12.7. The summed E-state index contributed by atoms with van der Waals surface area (Å²) in [6.45, 7) is 3.20. The minimum absolute atomic E-state index is 0.0770. The van der Waals surface area contributed by atoms with Crippen LogP contribution in [0.5, 0.6) is 0 Å². The van der Waals surface area contributed by atoms with Crippen molar-refractivity contribution in [3.8, 4) is 0 Å². The Labute approximate surface area is 102 Å². The number of aryl methyl sites for hydroxylation is 3. The van der Waals surface area contributed by atoms with Crippen LogP contribution in [-0.4, -0.2) is 23.1 Å². The Bertz CT molecular complexity index is 400. The van der Waals surface area contributed by atoms with Gasteiger partial charge in [-0.05, 0) is 52.1 Å². The summed E-state index contributed by atoms with van der Waals surface area (Å²) in [5.41, 5.74) is 13.2. The van der Waals surface area contributed by atoms with E-state index in [9.17, 15) is 4.79 Å². The molecule has 0 aromatic carbocycles. The molecule has 0 fully saturated rings. The third-order valence-electron chi connectivity index (χ3n) is 2.76. The first-order valence-electron chi connectivity index (χ1n) is 6.17. The van der Waals surface area contributed by atoms with E-state index in [1.54, 1.807) is 0 Å². The number of H-pyrrole nitrogens is 1. The van der Waals surface area contributed by atoms with Gasteiger partial charge in [-0.25, -0.2) is 0 Å². The van der Waals surface area contributed by atoms with Gasteiger partial charge in [0.05, 0.1) is 5.69 Å². The molecule has 0 aliphatic rings. The van der Waals surface area contributed by atoms with Crippen molar-refractivity contribution >= 4 is 0 Å². The van der Waals surface area contributed by atoms with Crippen LogP contribution in [0.2, 0.25) is 0 Å². The van der Waals surface area contributed by atoms with Crippen LogP contribution in [0.15, 0.2) is 4.79 Å². The maximum Gasteiger partial charge on any atom is 0.269 e. The average Bonchev–Trinajstić information content (AvgIpc) is 2.31. The minimum atomic E-state index is -0.0770. The molecular weight excluding hydrogens is 216 g/mol. The van der Waals surface area contributed by atoms with Gasteiger partial charge in [0.2, 0.25) is 0 Å². The van der Waals surface area contributed by atoms with E-state index in [0.29, 0.717) is 25.2 Å². The Morgan fingerprint density at radius 1 is 1.12 bits per heavy atom. The van der Waals surface area contributed by atoms with Gasteiger partial charge in [0.15, 0.2) is 0 Å². The Balaban J connectivity index is 2.74. The highest BCUT2D eigenvalue weighted by molar-refractivity contribution is 5.13. The predicted molar refractivity (Wildman–Crippen MR) is 69.0 cm³/mol. The van der Waals surface area contributed by atoms with Crippen molar-refractivity contribution in [1.82, 2.24) is 9.97 Å². The van der Waals surface area contributed by atoms with Crippen LogP contribution in [0, 0.1) is 6.92 Å². The number of nitrogens with two attached hydrogens (primary N) is 2. The van der Waals surface area contributed by atoms with Crippen LogP contribution in [0.3, 0.4) is 0 Å². The molecule has 1 heterocycles. The van der Waals surface area contributed by atoms with Crippen molar-refractivity contribution in [2.75, 3.05) is 13.1 Å². The molecule has 5 N–H and O–H groups in total. The molecular formula is C12H22N4O. The highest BCUT2D eigenvalue weighted by atomic mass is 16.1. The summed E-state index contributed by atoms with van der Waals surface area (Å²) in [6, 6.07) is 0. The minimum Gasteiger partial charge on any atom is -0.330 e. The maximum atomic E-state index is 11.7. The van der Waals surface area contributed by atoms with Crippen molar-refractivity contribution in [1.29, 1.82) is 0 Å². The summed E-state index contributed by atoms with van der Waals surface area (Å²) in [4.78, 5) is 19.0. The average molecular weight is 238 g/mol. The number of rotatable bonds is 7. The molecule has 0 aliphatic heterocycles.